The third-order valence-corrected chi connectivity index (χ3v) is 5.99. The minimum Gasteiger partial charge on any atom is -0.495 e. The smallest absolute Gasteiger partial charge is 0.240 e. The van der Waals surface area contributed by atoms with Gasteiger partial charge in [-0.3, -0.25) is 4.79 Å². The standard InChI is InChI=1S/C21H23N5O3S/c1-4-29-15-11-9-14(10-12-15)18-19(30-21-24-23-13(2)26(21)25-18)20(27)22-16-7-5-6-8-17(16)28-3/h5-12,18-19,25H,4H2,1-3H3,(H,22,27). The van der Waals surface area contributed by atoms with Crippen LogP contribution in [0.5, 0.6) is 11.5 Å². The van der Waals surface area contributed by atoms with Gasteiger partial charge >= 0.3 is 0 Å². The highest BCUT2D eigenvalue weighted by atomic mass is 32.2. The Kier molecular flexibility index (Phi) is 5.80. The molecule has 2 heterocycles. The minimum atomic E-state index is -0.469. The lowest BCUT2D eigenvalue weighted by Crippen LogP contribution is -2.41. The van der Waals surface area contributed by atoms with Gasteiger partial charge in [-0.2, -0.15) is 0 Å². The van der Waals surface area contributed by atoms with Crippen LogP contribution >= 0.6 is 11.8 Å². The SMILES string of the molecule is CCOc1ccc(C2Nn3c(C)nnc3SC2C(=O)Nc2ccccc2OC)cc1. The van der Waals surface area contributed by atoms with Gasteiger partial charge in [0.25, 0.3) is 0 Å². The molecule has 4 rings (SSSR count). The number of hydrogen-bond acceptors (Lipinski definition) is 7. The van der Waals surface area contributed by atoms with Gasteiger partial charge in [0, 0.05) is 0 Å². The number of thioether (sulfide) groups is 1. The molecule has 30 heavy (non-hydrogen) atoms. The number of anilines is 1. The summed E-state index contributed by atoms with van der Waals surface area (Å²) in [5, 5.41) is 11.5. The van der Waals surface area contributed by atoms with Crippen LogP contribution in [0, 0.1) is 6.92 Å². The zero-order valence-electron chi connectivity index (χ0n) is 17.0. The molecule has 3 aromatic rings. The zero-order valence-corrected chi connectivity index (χ0v) is 17.8. The van der Waals surface area contributed by atoms with Crippen LogP contribution in [0.15, 0.2) is 53.7 Å². The first kappa shape index (κ1) is 20.1. The topological polar surface area (TPSA) is 90.3 Å². The number of nitrogens with zero attached hydrogens (tertiary/aromatic N) is 3. The van der Waals surface area contributed by atoms with Crippen molar-refractivity contribution in [1.29, 1.82) is 0 Å². The summed E-state index contributed by atoms with van der Waals surface area (Å²) in [5.41, 5.74) is 4.98. The van der Waals surface area contributed by atoms with Crippen LogP contribution in [-0.2, 0) is 4.79 Å². The molecule has 0 radical (unpaired) electrons. The van der Waals surface area contributed by atoms with Crippen LogP contribution in [0.25, 0.3) is 0 Å². The highest BCUT2D eigenvalue weighted by Crippen LogP contribution is 2.38. The molecule has 0 spiro atoms. The van der Waals surface area contributed by atoms with Crippen LogP contribution in [-0.4, -0.2) is 39.7 Å². The number of fused-ring (bicyclic) bond motifs is 1. The number of aryl methyl sites for hydroxylation is 1. The minimum absolute atomic E-state index is 0.150. The molecule has 1 amide bonds. The normalized spacial score (nSPS) is 17.6. The van der Waals surface area contributed by atoms with Crippen molar-refractivity contribution < 1.29 is 14.3 Å². The molecule has 8 nitrogen and oxygen atoms in total. The van der Waals surface area contributed by atoms with Gasteiger partial charge in [-0.25, -0.2) is 4.68 Å². The third kappa shape index (κ3) is 3.93. The summed E-state index contributed by atoms with van der Waals surface area (Å²) in [6.07, 6.45) is 0. The van der Waals surface area contributed by atoms with Gasteiger partial charge in [-0.05, 0) is 43.7 Å². The lowest BCUT2D eigenvalue weighted by atomic mass is 10.0. The fraction of sp³-hybridized carbons (Fsp3) is 0.286. The van der Waals surface area contributed by atoms with Crippen molar-refractivity contribution in [1.82, 2.24) is 14.9 Å². The molecule has 0 fully saturated rings. The van der Waals surface area contributed by atoms with E-state index in [9.17, 15) is 4.79 Å². The van der Waals surface area contributed by atoms with Crippen LogP contribution in [0.1, 0.15) is 24.4 Å². The molecule has 2 N–H and O–H groups in total. The van der Waals surface area contributed by atoms with E-state index in [4.69, 9.17) is 9.47 Å². The van der Waals surface area contributed by atoms with Crippen LogP contribution in [0.3, 0.4) is 0 Å². The average Bonchev–Trinajstić information content (AvgIpc) is 3.14. The second-order valence-electron chi connectivity index (χ2n) is 6.70. The van der Waals surface area contributed by atoms with Crippen molar-refractivity contribution in [2.24, 2.45) is 0 Å². The van der Waals surface area contributed by atoms with E-state index < -0.39 is 5.25 Å². The Morgan fingerprint density at radius 2 is 1.97 bits per heavy atom. The molecule has 1 aliphatic rings. The Hall–Kier alpha value is -3.20. The lowest BCUT2D eigenvalue weighted by Gasteiger charge is -2.32. The van der Waals surface area contributed by atoms with E-state index in [-0.39, 0.29) is 11.9 Å². The van der Waals surface area contributed by atoms with E-state index in [2.05, 4.69) is 20.9 Å². The summed E-state index contributed by atoms with van der Waals surface area (Å²) in [6, 6.07) is 14.8. The number of methoxy groups -OCH3 is 1. The molecular weight excluding hydrogens is 402 g/mol. The van der Waals surface area contributed by atoms with Gasteiger partial charge in [0.1, 0.15) is 22.6 Å². The first-order chi connectivity index (χ1) is 14.6. The van der Waals surface area contributed by atoms with E-state index in [1.165, 1.54) is 11.8 Å². The molecule has 156 valence electrons. The summed E-state index contributed by atoms with van der Waals surface area (Å²) >= 11 is 1.38. The number of benzene rings is 2. The number of carbonyl (C=O) groups excluding carboxylic acids is 1. The largest absolute Gasteiger partial charge is 0.495 e. The fourth-order valence-electron chi connectivity index (χ4n) is 3.30. The number of amides is 1. The van der Waals surface area contributed by atoms with Gasteiger partial charge in [0.15, 0.2) is 0 Å². The second-order valence-corrected chi connectivity index (χ2v) is 7.81. The molecular formula is C21H23N5O3S. The molecule has 0 saturated heterocycles. The Morgan fingerprint density at radius 3 is 2.70 bits per heavy atom. The van der Waals surface area contributed by atoms with E-state index in [0.29, 0.717) is 23.2 Å². The number of nitrogens with one attached hydrogen (secondary N) is 2. The molecule has 9 heteroatoms. The maximum Gasteiger partial charge on any atom is 0.240 e. The quantitative estimate of drug-likeness (QED) is 0.626. The molecule has 0 saturated carbocycles. The molecule has 1 aromatic heterocycles. The van der Waals surface area contributed by atoms with Crippen molar-refractivity contribution >= 4 is 23.4 Å². The van der Waals surface area contributed by atoms with Crippen LogP contribution < -0.4 is 20.2 Å². The summed E-state index contributed by atoms with van der Waals surface area (Å²) in [7, 11) is 1.58. The predicted molar refractivity (Wildman–Crippen MR) is 116 cm³/mol. The molecule has 0 bridgehead atoms. The third-order valence-electron chi connectivity index (χ3n) is 4.77. The summed E-state index contributed by atoms with van der Waals surface area (Å²) in [5.74, 6) is 1.98. The van der Waals surface area contributed by atoms with E-state index in [0.717, 1.165) is 17.1 Å². The zero-order chi connectivity index (χ0) is 21.1. The average molecular weight is 426 g/mol. The first-order valence-corrected chi connectivity index (χ1v) is 10.5. The highest BCUT2D eigenvalue weighted by molar-refractivity contribution is 8.00. The van der Waals surface area contributed by atoms with Crippen molar-refractivity contribution in [2.45, 2.75) is 30.3 Å². The number of aromatic nitrogens is 3. The predicted octanol–water partition coefficient (Wildman–Crippen LogP) is 3.39. The van der Waals surface area contributed by atoms with Crippen molar-refractivity contribution in [3.05, 3.63) is 59.9 Å². The number of ether oxygens (including phenoxy) is 2. The van der Waals surface area contributed by atoms with Crippen molar-refractivity contribution in [2.75, 3.05) is 24.5 Å². The van der Waals surface area contributed by atoms with Gasteiger partial charge in [-0.15, -0.1) is 10.2 Å². The highest BCUT2D eigenvalue weighted by Gasteiger charge is 2.37. The fourth-order valence-corrected chi connectivity index (χ4v) is 4.43. The Bertz CT molecular complexity index is 1040. The van der Waals surface area contributed by atoms with Gasteiger partial charge in [0.05, 0.1) is 25.4 Å². The second kappa shape index (κ2) is 8.66. The number of rotatable bonds is 6. The molecule has 2 atom stereocenters. The molecule has 1 aliphatic heterocycles. The monoisotopic (exact) mass is 425 g/mol. The Labute approximate surface area is 179 Å². The lowest BCUT2D eigenvalue weighted by molar-refractivity contribution is -0.116. The number of carbonyl (C=O) groups is 1. The van der Waals surface area contributed by atoms with Crippen LogP contribution in [0.2, 0.25) is 0 Å². The van der Waals surface area contributed by atoms with E-state index in [1.54, 1.807) is 7.11 Å². The number of para-hydroxylation sites is 2. The van der Waals surface area contributed by atoms with Gasteiger partial charge in [-0.1, -0.05) is 36.0 Å². The van der Waals surface area contributed by atoms with E-state index in [1.807, 2.05) is 67.1 Å². The molecule has 0 aliphatic carbocycles. The van der Waals surface area contributed by atoms with Gasteiger partial charge in [0.2, 0.25) is 11.1 Å². The molecule has 2 unspecified atom stereocenters. The Balaban J connectivity index is 1.65. The van der Waals surface area contributed by atoms with Crippen molar-refractivity contribution in [3.8, 4) is 11.5 Å². The summed E-state index contributed by atoms with van der Waals surface area (Å²) in [6.45, 7) is 4.42. The maximum atomic E-state index is 13.3. The summed E-state index contributed by atoms with van der Waals surface area (Å²) < 4.78 is 12.7. The molecule has 2 aromatic carbocycles. The Morgan fingerprint density at radius 1 is 1.20 bits per heavy atom. The number of hydrogen-bond donors (Lipinski definition) is 2. The van der Waals surface area contributed by atoms with Gasteiger partial charge < -0.3 is 20.2 Å². The van der Waals surface area contributed by atoms with E-state index >= 15 is 0 Å². The summed E-state index contributed by atoms with van der Waals surface area (Å²) in [4.78, 5) is 13.3. The maximum absolute atomic E-state index is 13.3. The van der Waals surface area contributed by atoms with Crippen LogP contribution in [0.4, 0.5) is 5.69 Å². The first-order valence-electron chi connectivity index (χ1n) is 9.62. The van der Waals surface area contributed by atoms with Crippen molar-refractivity contribution in [3.63, 3.8) is 0 Å².